The van der Waals surface area contributed by atoms with Gasteiger partial charge in [-0.05, 0) is 30.0 Å². The Bertz CT molecular complexity index is 1070. The Morgan fingerprint density at radius 1 is 1.21 bits per heavy atom. The molecule has 29 heavy (non-hydrogen) atoms. The van der Waals surface area contributed by atoms with Crippen LogP contribution in [0.15, 0.2) is 41.4 Å². The predicted octanol–water partition coefficient (Wildman–Crippen LogP) is 4.81. The molecule has 0 aliphatic heterocycles. The number of carbonyl (C=O) groups excluding carboxylic acids is 1. The second-order valence-corrected chi connectivity index (χ2v) is 8.06. The molecular weight excluding hydrogens is 394 g/mol. The highest BCUT2D eigenvalue weighted by molar-refractivity contribution is 7.16. The van der Waals surface area contributed by atoms with Crippen molar-refractivity contribution in [3.05, 3.63) is 64.0 Å². The van der Waals surface area contributed by atoms with Crippen LogP contribution in [0.4, 0.5) is 8.78 Å². The Labute approximate surface area is 172 Å². The van der Waals surface area contributed by atoms with Crippen LogP contribution < -0.4 is 4.80 Å². The summed E-state index contributed by atoms with van der Waals surface area (Å²) in [5.74, 6) is -1.25. The van der Waals surface area contributed by atoms with Crippen molar-refractivity contribution in [3.63, 3.8) is 0 Å². The van der Waals surface area contributed by atoms with Crippen LogP contribution >= 0.6 is 11.3 Å². The number of aromatic nitrogens is 1. The zero-order valence-electron chi connectivity index (χ0n) is 16.7. The summed E-state index contributed by atoms with van der Waals surface area (Å²) in [6, 6.07) is 9.96. The van der Waals surface area contributed by atoms with Gasteiger partial charge < -0.3 is 9.30 Å². The number of benzene rings is 2. The van der Waals surface area contributed by atoms with E-state index in [1.807, 2.05) is 31.2 Å². The van der Waals surface area contributed by atoms with E-state index in [0.29, 0.717) is 35.2 Å². The molecule has 0 atom stereocenters. The molecular formula is C22H24F2N2O2S. The number of thiazole rings is 1. The molecule has 0 saturated carbocycles. The number of hydrogen-bond donors (Lipinski definition) is 0. The topological polar surface area (TPSA) is 43.6 Å². The Kier molecular flexibility index (Phi) is 6.92. The fraction of sp³-hybridized carbons (Fsp3) is 0.364. The van der Waals surface area contributed by atoms with Gasteiger partial charge in [0.2, 0.25) is 0 Å². The molecule has 1 heterocycles. The van der Waals surface area contributed by atoms with Crippen molar-refractivity contribution >= 4 is 27.5 Å². The van der Waals surface area contributed by atoms with Gasteiger partial charge in [-0.25, -0.2) is 8.78 Å². The summed E-state index contributed by atoms with van der Waals surface area (Å²) in [6.07, 6.45) is 0.148. The monoisotopic (exact) mass is 418 g/mol. The first kappa shape index (κ1) is 21.3. The first-order valence-corrected chi connectivity index (χ1v) is 10.4. The summed E-state index contributed by atoms with van der Waals surface area (Å²) in [6.45, 7) is 7.28. The van der Waals surface area contributed by atoms with E-state index < -0.39 is 11.6 Å². The number of nitrogens with zero attached hydrogens (tertiary/aromatic N) is 2. The summed E-state index contributed by atoms with van der Waals surface area (Å²) in [7, 11) is 0. The molecule has 0 fully saturated rings. The molecule has 4 nitrogen and oxygen atoms in total. The summed E-state index contributed by atoms with van der Waals surface area (Å²) >= 11 is 1.10. The third-order valence-corrected chi connectivity index (χ3v) is 5.61. The van der Waals surface area contributed by atoms with Gasteiger partial charge in [-0.3, -0.25) is 4.79 Å². The van der Waals surface area contributed by atoms with E-state index in [2.05, 4.69) is 18.8 Å². The molecule has 3 rings (SSSR count). The fourth-order valence-corrected chi connectivity index (χ4v) is 4.18. The molecule has 0 saturated heterocycles. The van der Waals surface area contributed by atoms with Crippen molar-refractivity contribution in [1.29, 1.82) is 0 Å². The average molecular weight is 419 g/mol. The maximum Gasteiger partial charge on any atom is 0.252 e. The van der Waals surface area contributed by atoms with Crippen LogP contribution in [0.2, 0.25) is 0 Å². The van der Waals surface area contributed by atoms with Crippen molar-refractivity contribution < 1.29 is 18.3 Å². The van der Waals surface area contributed by atoms with Crippen LogP contribution in [-0.2, 0) is 22.5 Å². The second kappa shape index (κ2) is 9.41. The SMILES string of the molecule is CCOCCn1c(=NC(=O)Cc2ccc(C(C)C)cc2)sc2cc(F)cc(F)c21. The highest BCUT2D eigenvalue weighted by Crippen LogP contribution is 2.22. The maximum absolute atomic E-state index is 14.4. The third kappa shape index (κ3) is 5.16. The number of carbonyl (C=O) groups is 1. The van der Waals surface area contributed by atoms with Gasteiger partial charge in [0.1, 0.15) is 5.82 Å². The van der Waals surface area contributed by atoms with Crippen molar-refractivity contribution in [1.82, 2.24) is 4.57 Å². The van der Waals surface area contributed by atoms with E-state index in [4.69, 9.17) is 4.74 Å². The summed E-state index contributed by atoms with van der Waals surface area (Å²) in [5, 5.41) is 0. The van der Waals surface area contributed by atoms with Gasteiger partial charge in [0.05, 0.1) is 23.2 Å². The molecule has 2 aromatic carbocycles. The van der Waals surface area contributed by atoms with Crippen molar-refractivity contribution in [2.45, 2.75) is 39.7 Å². The van der Waals surface area contributed by atoms with Gasteiger partial charge in [-0.1, -0.05) is 49.4 Å². The van der Waals surface area contributed by atoms with Crippen LogP contribution in [0.25, 0.3) is 10.2 Å². The van der Waals surface area contributed by atoms with E-state index >= 15 is 0 Å². The van der Waals surface area contributed by atoms with Crippen LogP contribution in [0.5, 0.6) is 0 Å². The first-order chi connectivity index (χ1) is 13.9. The lowest BCUT2D eigenvalue weighted by Crippen LogP contribution is -2.20. The van der Waals surface area contributed by atoms with Gasteiger partial charge >= 0.3 is 0 Å². The van der Waals surface area contributed by atoms with Gasteiger partial charge in [-0.15, -0.1) is 0 Å². The van der Waals surface area contributed by atoms with Crippen molar-refractivity contribution in [2.75, 3.05) is 13.2 Å². The van der Waals surface area contributed by atoms with Gasteiger partial charge in [0.15, 0.2) is 10.6 Å². The first-order valence-electron chi connectivity index (χ1n) is 9.61. The van der Waals surface area contributed by atoms with Gasteiger partial charge in [0, 0.05) is 19.2 Å². The van der Waals surface area contributed by atoms with E-state index in [9.17, 15) is 13.6 Å². The fourth-order valence-electron chi connectivity index (χ4n) is 3.06. The summed E-state index contributed by atoms with van der Waals surface area (Å²) < 4.78 is 35.4. The van der Waals surface area contributed by atoms with E-state index in [-0.39, 0.29) is 17.8 Å². The molecule has 0 bridgehead atoms. The predicted molar refractivity (Wildman–Crippen MR) is 111 cm³/mol. The van der Waals surface area contributed by atoms with E-state index in [1.165, 1.54) is 11.6 Å². The van der Waals surface area contributed by atoms with Crippen LogP contribution in [0.3, 0.4) is 0 Å². The molecule has 1 amide bonds. The highest BCUT2D eigenvalue weighted by atomic mass is 32.1. The van der Waals surface area contributed by atoms with Gasteiger partial charge in [-0.2, -0.15) is 4.99 Å². The van der Waals surface area contributed by atoms with E-state index in [0.717, 1.165) is 23.0 Å². The number of fused-ring (bicyclic) bond motifs is 1. The molecule has 0 aliphatic carbocycles. The zero-order valence-corrected chi connectivity index (χ0v) is 17.6. The lowest BCUT2D eigenvalue weighted by atomic mass is 10.0. The largest absolute Gasteiger partial charge is 0.380 e. The van der Waals surface area contributed by atoms with E-state index in [1.54, 1.807) is 4.57 Å². The Hall–Kier alpha value is -2.38. The maximum atomic E-state index is 14.4. The molecule has 0 spiro atoms. The van der Waals surface area contributed by atoms with Crippen LogP contribution in [-0.4, -0.2) is 23.7 Å². The normalized spacial score (nSPS) is 12.3. The zero-order chi connectivity index (χ0) is 21.0. The molecule has 3 aromatic rings. The lowest BCUT2D eigenvalue weighted by molar-refractivity contribution is -0.117. The van der Waals surface area contributed by atoms with Gasteiger partial charge in [0.25, 0.3) is 5.91 Å². The highest BCUT2D eigenvalue weighted by Gasteiger charge is 2.14. The smallest absolute Gasteiger partial charge is 0.252 e. The minimum atomic E-state index is -0.675. The Morgan fingerprint density at radius 2 is 1.93 bits per heavy atom. The minimum absolute atomic E-state index is 0.148. The average Bonchev–Trinajstić information content (AvgIpc) is 2.99. The third-order valence-electron chi connectivity index (χ3n) is 4.58. The Morgan fingerprint density at radius 3 is 2.59 bits per heavy atom. The number of rotatable bonds is 7. The molecule has 0 unspecified atom stereocenters. The molecule has 0 N–H and O–H groups in total. The molecule has 1 aromatic heterocycles. The lowest BCUT2D eigenvalue weighted by Gasteiger charge is -2.07. The number of amides is 1. The molecule has 154 valence electrons. The molecule has 0 aliphatic rings. The van der Waals surface area contributed by atoms with Crippen molar-refractivity contribution in [2.24, 2.45) is 4.99 Å². The summed E-state index contributed by atoms with van der Waals surface area (Å²) in [5.41, 5.74) is 2.31. The number of ether oxygens (including phenoxy) is 1. The van der Waals surface area contributed by atoms with Crippen LogP contribution in [0, 0.1) is 11.6 Å². The Balaban J connectivity index is 1.93. The second-order valence-electron chi connectivity index (χ2n) is 7.05. The molecule has 0 radical (unpaired) electrons. The quantitative estimate of drug-likeness (QED) is 0.517. The standard InChI is InChI=1S/C22H24F2N2O2S/c1-4-28-10-9-26-21-18(24)12-17(23)13-19(21)29-22(26)25-20(27)11-15-5-7-16(8-6-15)14(2)3/h5-8,12-14H,4,9-11H2,1-3H3. The summed E-state index contributed by atoms with van der Waals surface area (Å²) in [4.78, 5) is 17.1. The number of hydrogen-bond acceptors (Lipinski definition) is 3. The molecule has 7 heteroatoms. The number of halogens is 2. The minimum Gasteiger partial charge on any atom is -0.380 e. The van der Waals surface area contributed by atoms with Crippen LogP contribution in [0.1, 0.15) is 37.8 Å². The van der Waals surface area contributed by atoms with Crippen molar-refractivity contribution in [3.8, 4) is 0 Å².